The van der Waals surface area contributed by atoms with E-state index in [2.05, 4.69) is 37.7 Å². The summed E-state index contributed by atoms with van der Waals surface area (Å²) < 4.78 is 2.34. The first-order chi connectivity index (χ1) is 14.3. The van der Waals surface area contributed by atoms with Gasteiger partial charge in [-0.25, -0.2) is 10.9 Å². The number of carbonyl (C=O) groups excluding carboxylic acids is 1. The molecule has 2 N–H and O–H groups in total. The van der Waals surface area contributed by atoms with E-state index in [4.69, 9.17) is 0 Å². The lowest BCUT2D eigenvalue weighted by Crippen LogP contribution is -2.49. The minimum atomic E-state index is -0.172. The Morgan fingerprint density at radius 1 is 1.00 bits per heavy atom. The molecule has 1 aromatic carbocycles. The molecule has 0 aliphatic carbocycles. The summed E-state index contributed by atoms with van der Waals surface area (Å²) in [5.74, 6) is 2.73. The van der Waals surface area contributed by atoms with Crippen LogP contribution >= 0.6 is 0 Å². The summed E-state index contributed by atoms with van der Waals surface area (Å²) in [5.41, 5.74) is 7.76. The summed E-state index contributed by atoms with van der Waals surface area (Å²) >= 11 is 0. The number of amides is 1. The van der Waals surface area contributed by atoms with E-state index < -0.39 is 0 Å². The van der Waals surface area contributed by atoms with Crippen molar-refractivity contribution in [1.82, 2.24) is 30.5 Å². The summed E-state index contributed by atoms with van der Waals surface area (Å²) in [5, 5.41) is 9.02. The van der Waals surface area contributed by atoms with Crippen molar-refractivity contribution in [1.29, 1.82) is 0 Å². The van der Waals surface area contributed by atoms with Gasteiger partial charge in [0, 0.05) is 38.0 Å². The Morgan fingerprint density at radius 2 is 1.90 bits per heavy atom. The van der Waals surface area contributed by atoms with Gasteiger partial charge in [0.2, 0.25) is 5.91 Å². The number of fused-ring (bicyclic) bond motifs is 1. The number of carbonyl (C=O) groups is 1. The van der Waals surface area contributed by atoms with Crippen molar-refractivity contribution >= 4 is 5.91 Å². The van der Waals surface area contributed by atoms with Crippen LogP contribution in [0.5, 0.6) is 0 Å². The molecule has 0 bridgehead atoms. The van der Waals surface area contributed by atoms with E-state index in [9.17, 15) is 4.79 Å². The lowest BCUT2D eigenvalue weighted by molar-refractivity contribution is -0.134. The highest BCUT2D eigenvalue weighted by atomic mass is 16.2. The predicted molar refractivity (Wildman–Crippen MR) is 110 cm³/mol. The smallest absolute Gasteiger partial charge is 0.241 e. The molecule has 3 aliphatic rings. The Balaban J connectivity index is 1.25. The topological polar surface area (TPSA) is 75.1 Å². The van der Waals surface area contributed by atoms with Gasteiger partial charge < -0.3 is 9.47 Å². The van der Waals surface area contributed by atoms with E-state index in [0.717, 1.165) is 57.0 Å². The van der Waals surface area contributed by atoms with Crippen molar-refractivity contribution in [2.45, 2.75) is 69.5 Å². The number of hydrogen-bond acceptors (Lipinski definition) is 5. The highest BCUT2D eigenvalue weighted by Crippen LogP contribution is 2.29. The van der Waals surface area contributed by atoms with Crippen molar-refractivity contribution in [2.24, 2.45) is 0 Å². The SMILES string of the molecule is O=C(C1CC(c2ccccc2)NN1)N1CCCC(c2nnc3n2CCCCC3)C1. The molecule has 29 heavy (non-hydrogen) atoms. The van der Waals surface area contributed by atoms with Crippen LogP contribution in [0.15, 0.2) is 30.3 Å². The van der Waals surface area contributed by atoms with Crippen molar-refractivity contribution in [3.8, 4) is 0 Å². The maximum atomic E-state index is 13.2. The molecule has 0 radical (unpaired) electrons. The highest BCUT2D eigenvalue weighted by molar-refractivity contribution is 5.82. The average Bonchev–Trinajstić information content (AvgIpc) is 3.36. The molecule has 154 valence electrons. The normalized spacial score (nSPS) is 27.4. The molecule has 0 spiro atoms. The molecular weight excluding hydrogens is 364 g/mol. The molecule has 2 aromatic rings. The fourth-order valence-electron chi connectivity index (χ4n) is 5.04. The van der Waals surface area contributed by atoms with Gasteiger partial charge in [-0.1, -0.05) is 36.8 Å². The number of hydrogen-bond donors (Lipinski definition) is 2. The van der Waals surface area contributed by atoms with Crippen LogP contribution in [0.3, 0.4) is 0 Å². The second-order valence-corrected chi connectivity index (χ2v) is 8.60. The molecular formula is C22H30N6O. The average molecular weight is 395 g/mol. The number of benzene rings is 1. The van der Waals surface area contributed by atoms with E-state index in [0.29, 0.717) is 5.92 Å². The Kier molecular flexibility index (Phi) is 5.33. The Morgan fingerprint density at radius 3 is 2.79 bits per heavy atom. The molecule has 5 rings (SSSR count). The molecule has 0 saturated carbocycles. The quantitative estimate of drug-likeness (QED) is 0.836. The zero-order valence-electron chi connectivity index (χ0n) is 16.9. The number of nitrogens with zero attached hydrogens (tertiary/aromatic N) is 4. The van der Waals surface area contributed by atoms with Crippen LogP contribution in [0, 0.1) is 0 Å². The van der Waals surface area contributed by atoms with Crippen LogP contribution in [0.4, 0.5) is 0 Å². The van der Waals surface area contributed by atoms with E-state index in [1.54, 1.807) is 0 Å². The molecule has 1 amide bonds. The highest BCUT2D eigenvalue weighted by Gasteiger charge is 2.36. The lowest BCUT2D eigenvalue weighted by Gasteiger charge is -2.34. The lowest BCUT2D eigenvalue weighted by atomic mass is 9.95. The number of aromatic nitrogens is 3. The molecule has 3 unspecified atom stereocenters. The van der Waals surface area contributed by atoms with Gasteiger partial charge in [0.1, 0.15) is 17.7 Å². The van der Waals surface area contributed by atoms with E-state index in [1.165, 1.54) is 24.8 Å². The Labute approximate surface area is 171 Å². The van der Waals surface area contributed by atoms with Gasteiger partial charge in [-0.3, -0.25) is 4.79 Å². The summed E-state index contributed by atoms with van der Waals surface area (Å²) in [6.07, 6.45) is 7.60. The fraction of sp³-hybridized carbons (Fsp3) is 0.591. The molecule has 2 fully saturated rings. The Bertz CT molecular complexity index is 850. The van der Waals surface area contributed by atoms with Gasteiger partial charge in [0.25, 0.3) is 0 Å². The van der Waals surface area contributed by atoms with Gasteiger partial charge in [0.15, 0.2) is 0 Å². The van der Waals surface area contributed by atoms with Crippen molar-refractivity contribution in [3.05, 3.63) is 47.5 Å². The zero-order valence-corrected chi connectivity index (χ0v) is 16.9. The minimum absolute atomic E-state index is 0.172. The maximum absolute atomic E-state index is 13.2. The van der Waals surface area contributed by atoms with E-state index in [-0.39, 0.29) is 18.0 Å². The van der Waals surface area contributed by atoms with Gasteiger partial charge in [0.05, 0.1) is 0 Å². The molecule has 3 aliphatic heterocycles. The molecule has 3 atom stereocenters. The third kappa shape index (κ3) is 3.81. The van der Waals surface area contributed by atoms with Gasteiger partial charge in [-0.15, -0.1) is 10.2 Å². The number of aryl methyl sites for hydroxylation is 1. The molecule has 7 heteroatoms. The molecule has 2 saturated heterocycles. The van der Waals surface area contributed by atoms with Crippen LogP contribution < -0.4 is 10.9 Å². The molecule has 7 nitrogen and oxygen atoms in total. The number of rotatable bonds is 3. The third-order valence-electron chi connectivity index (χ3n) is 6.64. The number of nitrogens with one attached hydrogen (secondary N) is 2. The maximum Gasteiger partial charge on any atom is 0.241 e. The number of hydrazine groups is 1. The first-order valence-corrected chi connectivity index (χ1v) is 11.1. The van der Waals surface area contributed by atoms with E-state index in [1.807, 2.05) is 23.1 Å². The zero-order chi connectivity index (χ0) is 19.6. The van der Waals surface area contributed by atoms with Gasteiger partial charge >= 0.3 is 0 Å². The first-order valence-electron chi connectivity index (χ1n) is 11.1. The summed E-state index contributed by atoms with van der Waals surface area (Å²) in [4.78, 5) is 15.3. The van der Waals surface area contributed by atoms with Crippen LogP contribution in [0.25, 0.3) is 0 Å². The second kappa shape index (κ2) is 8.24. The van der Waals surface area contributed by atoms with Gasteiger partial charge in [-0.05, 0) is 37.7 Å². The standard InChI is InChI=1S/C22H30N6O/c29-22(19-14-18(23-24-19)16-8-3-1-4-9-16)27-12-7-10-17(15-27)21-26-25-20-11-5-2-6-13-28(20)21/h1,3-4,8-9,17-19,23-24H,2,5-7,10-15H2. The minimum Gasteiger partial charge on any atom is -0.341 e. The predicted octanol–water partition coefficient (Wildman–Crippen LogP) is 2.32. The van der Waals surface area contributed by atoms with Gasteiger partial charge in [-0.2, -0.15) is 0 Å². The largest absolute Gasteiger partial charge is 0.341 e. The van der Waals surface area contributed by atoms with Crippen molar-refractivity contribution < 1.29 is 4.79 Å². The number of piperidine rings is 1. The summed E-state index contributed by atoms with van der Waals surface area (Å²) in [6, 6.07) is 10.3. The molecule has 1 aromatic heterocycles. The van der Waals surface area contributed by atoms with Crippen LogP contribution in [0.2, 0.25) is 0 Å². The monoisotopic (exact) mass is 394 g/mol. The summed E-state index contributed by atoms with van der Waals surface area (Å²) in [7, 11) is 0. The number of likely N-dealkylation sites (tertiary alicyclic amines) is 1. The molecule has 4 heterocycles. The van der Waals surface area contributed by atoms with Crippen molar-refractivity contribution in [3.63, 3.8) is 0 Å². The van der Waals surface area contributed by atoms with Crippen LogP contribution in [0.1, 0.15) is 67.7 Å². The first kappa shape index (κ1) is 18.8. The fourth-order valence-corrected chi connectivity index (χ4v) is 5.04. The second-order valence-electron chi connectivity index (χ2n) is 8.60. The third-order valence-corrected chi connectivity index (χ3v) is 6.64. The van der Waals surface area contributed by atoms with Crippen LogP contribution in [-0.4, -0.2) is 44.7 Å². The summed E-state index contributed by atoms with van der Waals surface area (Å²) in [6.45, 7) is 2.62. The van der Waals surface area contributed by atoms with E-state index >= 15 is 0 Å². The van der Waals surface area contributed by atoms with Crippen LogP contribution in [-0.2, 0) is 17.8 Å². The van der Waals surface area contributed by atoms with Crippen molar-refractivity contribution in [2.75, 3.05) is 13.1 Å². The Hall–Kier alpha value is -2.25.